The summed E-state index contributed by atoms with van der Waals surface area (Å²) in [6.45, 7) is 2.30. The average molecular weight is 262 g/mol. The number of furan rings is 1. The van der Waals surface area contributed by atoms with Crippen LogP contribution in [-0.4, -0.2) is 22.8 Å². The molecule has 1 amide bonds. The van der Waals surface area contributed by atoms with Crippen LogP contribution in [0.15, 0.2) is 34.9 Å². The zero-order chi connectivity index (χ0) is 13.1. The molecule has 5 heteroatoms. The number of nitrogens with zero attached hydrogens (tertiary/aromatic N) is 1. The van der Waals surface area contributed by atoms with Crippen LogP contribution >= 0.6 is 12.2 Å². The molecule has 0 unspecified atom stereocenters. The van der Waals surface area contributed by atoms with E-state index in [9.17, 15) is 4.79 Å². The summed E-state index contributed by atoms with van der Waals surface area (Å²) in [5, 5.41) is 0. The van der Waals surface area contributed by atoms with Crippen LogP contribution < -0.4 is 0 Å². The van der Waals surface area contributed by atoms with Gasteiger partial charge in [-0.1, -0.05) is 12.2 Å². The van der Waals surface area contributed by atoms with Crippen molar-refractivity contribution < 1.29 is 9.21 Å². The number of H-pyrrole nitrogens is 1. The van der Waals surface area contributed by atoms with Gasteiger partial charge in [-0.05, 0) is 31.2 Å². The first-order chi connectivity index (χ1) is 8.58. The van der Waals surface area contributed by atoms with Crippen molar-refractivity contribution in [3.8, 4) is 0 Å². The van der Waals surface area contributed by atoms with Gasteiger partial charge in [0.05, 0.1) is 12.1 Å². The molecule has 0 aromatic carbocycles. The van der Waals surface area contributed by atoms with Crippen LogP contribution in [0.3, 0.4) is 0 Å². The number of carbonyl (C=O) groups is 1. The van der Waals surface area contributed by atoms with Crippen molar-refractivity contribution in [1.82, 2.24) is 9.88 Å². The predicted octanol–water partition coefficient (Wildman–Crippen LogP) is 2.92. The molecule has 2 aromatic heterocycles. The second kappa shape index (κ2) is 5.18. The average Bonchev–Trinajstić information content (AvgIpc) is 2.74. The van der Waals surface area contributed by atoms with Crippen molar-refractivity contribution >= 4 is 18.1 Å². The third kappa shape index (κ3) is 2.68. The van der Waals surface area contributed by atoms with E-state index in [0.29, 0.717) is 16.7 Å². The summed E-state index contributed by atoms with van der Waals surface area (Å²) in [7, 11) is 1.72. The van der Waals surface area contributed by atoms with Crippen LogP contribution in [0.2, 0.25) is 0 Å². The molecule has 0 aliphatic carbocycles. The highest BCUT2D eigenvalue weighted by atomic mass is 32.1. The van der Waals surface area contributed by atoms with E-state index in [-0.39, 0.29) is 5.91 Å². The van der Waals surface area contributed by atoms with Crippen LogP contribution in [0.5, 0.6) is 0 Å². The van der Waals surface area contributed by atoms with E-state index in [4.69, 9.17) is 16.6 Å². The summed E-state index contributed by atoms with van der Waals surface area (Å²) in [6.07, 6.45) is 1.70. The smallest absolute Gasteiger partial charge is 0.257 e. The van der Waals surface area contributed by atoms with E-state index in [1.807, 2.05) is 19.1 Å². The first kappa shape index (κ1) is 12.6. The minimum Gasteiger partial charge on any atom is -0.464 e. The molecule has 0 radical (unpaired) electrons. The standard InChI is InChI=1S/C13H14N2O2S/c1-9-5-6-10(17-9)8-15(2)13(16)11-4-3-7-14-12(11)18/h3-7H,8H2,1-2H3,(H,14,18). The first-order valence-electron chi connectivity index (χ1n) is 5.56. The SMILES string of the molecule is Cc1ccc(CN(C)C(=O)c2ccc[nH]c2=S)o1. The van der Waals surface area contributed by atoms with Crippen LogP contribution in [0.4, 0.5) is 0 Å². The Morgan fingerprint density at radius 3 is 2.83 bits per heavy atom. The van der Waals surface area contributed by atoms with Gasteiger partial charge in [0, 0.05) is 13.2 Å². The fourth-order valence-corrected chi connectivity index (χ4v) is 1.89. The van der Waals surface area contributed by atoms with Gasteiger partial charge in [-0.3, -0.25) is 4.79 Å². The highest BCUT2D eigenvalue weighted by molar-refractivity contribution is 7.71. The molecule has 0 spiro atoms. The maximum Gasteiger partial charge on any atom is 0.257 e. The van der Waals surface area contributed by atoms with Crippen LogP contribution in [-0.2, 0) is 6.54 Å². The second-order valence-electron chi connectivity index (χ2n) is 4.09. The molecule has 4 nitrogen and oxygen atoms in total. The molecule has 18 heavy (non-hydrogen) atoms. The van der Waals surface area contributed by atoms with Crippen molar-refractivity contribution in [1.29, 1.82) is 0 Å². The molecule has 2 heterocycles. The van der Waals surface area contributed by atoms with Gasteiger partial charge in [-0.2, -0.15) is 0 Å². The molecule has 0 aliphatic rings. The number of aromatic amines is 1. The van der Waals surface area contributed by atoms with E-state index in [1.54, 1.807) is 30.3 Å². The Bertz CT molecular complexity index is 615. The second-order valence-corrected chi connectivity index (χ2v) is 4.49. The minimum absolute atomic E-state index is 0.120. The monoisotopic (exact) mass is 262 g/mol. The fraction of sp³-hybridized carbons (Fsp3) is 0.231. The van der Waals surface area contributed by atoms with E-state index in [1.165, 1.54) is 0 Å². The van der Waals surface area contributed by atoms with Gasteiger partial charge in [0.25, 0.3) is 5.91 Å². The maximum absolute atomic E-state index is 12.2. The normalized spacial score (nSPS) is 10.3. The molecule has 0 saturated carbocycles. The van der Waals surface area contributed by atoms with E-state index >= 15 is 0 Å². The quantitative estimate of drug-likeness (QED) is 0.865. The lowest BCUT2D eigenvalue weighted by Crippen LogP contribution is -2.26. The molecular formula is C13H14N2O2S. The molecule has 1 N–H and O–H groups in total. The maximum atomic E-state index is 12.2. The van der Waals surface area contributed by atoms with E-state index in [2.05, 4.69) is 4.98 Å². The third-order valence-electron chi connectivity index (χ3n) is 2.58. The number of rotatable bonds is 3. The van der Waals surface area contributed by atoms with Gasteiger partial charge in [-0.25, -0.2) is 0 Å². The number of aryl methyl sites for hydroxylation is 1. The summed E-state index contributed by atoms with van der Waals surface area (Å²) in [5.41, 5.74) is 0.498. The number of pyridine rings is 1. The zero-order valence-electron chi connectivity index (χ0n) is 10.3. The Hall–Kier alpha value is -1.88. The molecule has 0 saturated heterocycles. The Labute approximate surface area is 110 Å². The number of nitrogens with one attached hydrogen (secondary N) is 1. The number of amides is 1. The molecule has 0 atom stereocenters. The van der Waals surface area contributed by atoms with Gasteiger partial charge >= 0.3 is 0 Å². The Morgan fingerprint density at radius 1 is 1.44 bits per heavy atom. The lowest BCUT2D eigenvalue weighted by Gasteiger charge is -2.15. The van der Waals surface area contributed by atoms with E-state index < -0.39 is 0 Å². The summed E-state index contributed by atoms with van der Waals surface area (Å²) in [6, 6.07) is 7.21. The van der Waals surface area contributed by atoms with Gasteiger partial charge in [0.1, 0.15) is 16.2 Å². The topological polar surface area (TPSA) is 49.2 Å². The number of carbonyl (C=O) groups excluding carboxylic acids is 1. The molecular weight excluding hydrogens is 248 g/mol. The molecule has 0 bridgehead atoms. The van der Waals surface area contributed by atoms with Crippen molar-refractivity contribution in [2.75, 3.05) is 7.05 Å². The summed E-state index contributed by atoms with van der Waals surface area (Å²) in [5.74, 6) is 1.47. The Morgan fingerprint density at radius 2 is 2.22 bits per heavy atom. The number of hydrogen-bond acceptors (Lipinski definition) is 3. The molecule has 0 aliphatic heterocycles. The molecule has 0 fully saturated rings. The molecule has 2 rings (SSSR count). The third-order valence-corrected chi connectivity index (χ3v) is 2.92. The molecule has 2 aromatic rings. The van der Waals surface area contributed by atoms with Gasteiger partial charge in [0.2, 0.25) is 0 Å². The van der Waals surface area contributed by atoms with Crippen LogP contribution in [0.25, 0.3) is 0 Å². The lowest BCUT2D eigenvalue weighted by molar-refractivity contribution is 0.0774. The first-order valence-corrected chi connectivity index (χ1v) is 5.97. The minimum atomic E-state index is -0.120. The highest BCUT2D eigenvalue weighted by Crippen LogP contribution is 2.11. The summed E-state index contributed by atoms with van der Waals surface area (Å²) >= 11 is 5.09. The predicted molar refractivity (Wildman–Crippen MR) is 70.9 cm³/mol. The van der Waals surface area contributed by atoms with Crippen LogP contribution in [0, 0.1) is 11.6 Å². The largest absolute Gasteiger partial charge is 0.464 e. The van der Waals surface area contributed by atoms with Gasteiger partial charge < -0.3 is 14.3 Å². The summed E-state index contributed by atoms with van der Waals surface area (Å²) < 4.78 is 5.89. The fourth-order valence-electron chi connectivity index (χ4n) is 1.67. The highest BCUT2D eigenvalue weighted by Gasteiger charge is 2.14. The Kier molecular flexibility index (Phi) is 3.62. The zero-order valence-corrected chi connectivity index (χ0v) is 11.1. The van der Waals surface area contributed by atoms with Crippen molar-refractivity contribution in [2.45, 2.75) is 13.5 Å². The summed E-state index contributed by atoms with van der Waals surface area (Å²) in [4.78, 5) is 16.6. The number of hydrogen-bond donors (Lipinski definition) is 1. The lowest BCUT2D eigenvalue weighted by atomic mass is 10.2. The van der Waals surface area contributed by atoms with Crippen molar-refractivity contribution in [3.05, 3.63) is 52.2 Å². The molecule has 94 valence electrons. The van der Waals surface area contributed by atoms with Crippen molar-refractivity contribution in [3.63, 3.8) is 0 Å². The van der Waals surface area contributed by atoms with Crippen LogP contribution in [0.1, 0.15) is 21.9 Å². The Balaban J connectivity index is 2.15. The number of aromatic nitrogens is 1. The van der Waals surface area contributed by atoms with Gasteiger partial charge in [-0.15, -0.1) is 0 Å². The van der Waals surface area contributed by atoms with Gasteiger partial charge in [0.15, 0.2) is 0 Å². The van der Waals surface area contributed by atoms with Crippen molar-refractivity contribution in [2.24, 2.45) is 0 Å². The van der Waals surface area contributed by atoms with E-state index in [0.717, 1.165) is 11.5 Å².